The van der Waals surface area contributed by atoms with Gasteiger partial charge in [-0.15, -0.1) is 0 Å². The molecule has 1 aromatic carbocycles. The Hall–Kier alpha value is -1.15. The van der Waals surface area contributed by atoms with Crippen LogP contribution in [-0.4, -0.2) is 4.98 Å². The molecule has 0 fully saturated rings. The average Bonchev–Trinajstić information content (AvgIpc) is 2.23. The van der Waals surface area contributed by atoms with Gasteiger partial charge in [-0.1, -0.05) is 25.4 Å². The first-order valence-electron chi connectivity index (χ1n) is 5.68. The zero-order valence-electron chi connectivity index (χ0n) is 10.4. The van der Waals surface area contributed by atoms with Crippen LogP contribution >= 0.6 is 11.6 Å². The summed E-state index contributed by atoms with van der Waals surface area (Å²) in [7, 11) is 0. The monoisotopic (exact) mass is 251 g/mol. The molecule has 1 nitrogen and oxygen atoms in total. The van der Waals surface area contributed by atoms with Gasteiger partial charge in [-0.2, -0.15) is 0 Å². The van der Waals surface area contributed by atoms with Crippen LogP contribution in [0.2, 0.25) is 5.02 Å². The van der Waals surface area contributed by atoms with Gasteiger partial charge in [-0.3, -0.25) is 4.98 Å². The second-order valence-corrected chi connectivity index (χ2v) is 5.03. The molecular weight excluding hydrogens is 237 g/mol. The number of halogens is 2. The molecule has 0 aliphatic heterocycles. The van der Waals surface area contributed by atoms with Crippen molar-refractivity contribution in [3.8, 4) is 0 Å². The minimum absolute atomic E-state index is 0.238. The van der Waals surface area contributed by atoms with Crippen LogP contribution in [-0.2, 0) is 0 Å². The molecule has 1 heterocycles. The lowest BCUT2D eigenvalue weighted by Crippen LogP contribution is -2.00. The zero-order valence-corrected chi connectivity index (χ0v) is 11.2. The summed E-state index contributed by atoms with van der Waals surface area (Å²) in [5.41, 5.74) is 3.15. The number of aryl methyl sites for hydroxylation is 2. The maximum Gasteiger partial charge on any atom is 0.128 e. The third-order valence-electron chi connectivity index (χ3n) is 3.08. The molecule has 3 heteroatoms. The summed E-state index contributed by atoms with van der Waals surface area (Å²) >= 11 is 6.40. The van der Waals surface area contributed by atoms with Gasteiger partial charge in [0.15, 0.2) is 0 Å². The molecule has 0 N–H and O–H groups in total. The van der Waals surface area contributed by atoms with Crippen molar-refractivity contribution < 1.29 is 4.39 Å². The van der Waals surface area contributed by atoms with Gasteiger partial charge >= 0.3 is 0 Å². The number of rotatable bonds is 1. The highest BCUT2D eigenvalue weighted by Gasteiger charge is 2.15. The quantitative estimate of drug-likeness (QED) is 0.712. The van der Waals surface area contributed by atoms with Crippen molar-refractivity contribution in [1.82, 2.24) is 4.98 Å². The van der Waals surface area contributed by atoms with E-state index in [0.29, 0.717) is 22.0 Å². The van der Waals surface area contributed by atoms with Gasteiger partial charge in [0, 0.05) is 16.6 Å². The summed E-state index contributed by atoms with van der Waals surface area (Å²) in [6, 6.07) is 3.16. The summed E-state index contributed by atoms with van der Waals surface area (Å²) in [5, 5.41) is 1.53. The Labute approximate surface area is 106 Å². The van der Waals surface area contributed by atoms with Crippen molar-refractivity contribution in [3.63, 3.8) is 0 Å². The molecule has 0 bridgehead atoms. The molecule has 0 atom stereocenters. The van der Waals surface area contributed by atoms with E-state index < -0.39 is 0 Å². The number of nitrogens with zero attached hydrogens (tertiary/aromatic N) is 1. The number of pyridine rings is 1. The number of fused-ring (bicyclic) bond motifs is 1. The van der Waals surface area contributed by atoms with Crippen molar-refractivity contribution >= 4 is 22.5 Å². The normalized spacial score (nSPS) is 11.5. The minimum Gasteiger partial charge on any atom is -0.252 e. The van der Waals surface area contributed by atoms with Crippen LogP contribution in [0.15, 0.2) is 12.1 Å². The molecule has 1 aromatic heterocycles. The molecule has 0 radical (unpaired) electrons. The second-order valence-electron chi connectivity index (χ2n) is 4.65. The Morgan fingerprint density at radius 2 is 1.88 bits per heavy atom. The van der Waals surface area contributed by atoms with Crippen LogP contribution in [0, 0.1) is 19.7 Å². The van der Waals surface area contributed by atoms with E-state index in [1.54, 1.807) is 13.0 Å². The molecule has 2 aromatic rings. The van der Waals surface area contributed by atoms with E-state index in [1.807, 2.05) is 6.92 Å². The molecule has 0 aliphatic carbocycles. The fourth-order valence-electron chi connectivity index (χ4n) is 2.20. The first-order valence-corrected chi connectivity index (χ1v) is 6.06. The molecule has 0 saturated carbocycles. The maximum atomic E-state index is 13.5. The maximum absolute atomic E-state index is 13.5. The second kappa shape index (κ2) is 4.26. The number of benzene rings is 1. The molecule has 0 unspecified atom stereocenters. The highest BCUT2D eigenvalue weighted by Crippen LogP contribution is 2.34. The van der Waals surface area contributed by atoms with Crippen LogP contribution in [0.5, 0.6) is 0 Å². The lowest BCUT2D eigenvalue weighted by Gasteiger charge is -2.15. The van der Waals surface area contributed by atoms with Crippen molar-refractivity contribution in [2.24, 2.45) is 0 Å². The first kappa shape index (κ1) is 12.3. The largest absolute Gasteiger partial charge is 0.252 e. The minimum atomic E-state index is -0.238. The van der Waals surface area contributed by atoms with Crippen LogP contribution in [0.25, 0.3) is 10.9 Å². The van der Waals surface area contributed by atoms with Crippen LogP contribution in [0.1, 0.15) is 36.6 Å². The fourth-order valence-corrected chi connectivity index (χ4v) is 2.71. The van der Waals surface area contributed by atoms with Crippen molar-refractivity contribution in [2.75, 3.05) is 0 Å². The van der Waals surface area contributed by atoms with Gasteiger partial charge in [0.05, 0.1) is 10.5 Å². The van der Waals surface area contributed by atoms with Crippen LogP contribution in [0.3, 0.4) is 0 Å². The van der Waals surface area contributed by atoms with E-state index in [0.717, 1.165) is 16.6 Å². The highest BCUT2D eigenvalue weighted by molar-refractivity contribution is 6.36. The van der Waals surface area contributed by atoms with Gasteiger partial charge in [0.1, 0.15) is 5.82 Å². The Kier molecular flexibility index (Phi) is 3.09. The SMILES string of the molecule is Cc1nc2c(C)c(F)ccc2c(Cl)c1C(C)C. The van der Waals surface area contributed by atoms with Gasteiger partial charge in [-0.25, -0.2) is 4.39 Å². The zero-order chi connectivity index (χ0) is 12.7. The van der Waals surface area contributed by atoms with Crippen molar-refractivity contribution in [2.45, 2.75) is 33.6 Å². The Bertz CT molecular complexity index is 591. The number of hydrogen-bond acceptors (Lipinski definition) is 1. The Morgan fingerprint density at radius 1 is 1.24 bits per heavy atom. The average molecular weight is 252 g/mol. The van der Waals surface area contributed by atoms with Crippen LogP contribution < -0.4 is 0 Å². The van der Waals surface area contributed by atoms with Crippen molar-refractivity contribution in [1.29, 1.82) is 0 Å². The standard InChI is InChI=1S/C14H15ClFN/c1-7(2)12-9(4)17-14-8(3)11(16)6-5-10(14)13(12)15/h5-7H,1-4H3. The Balaban J connectivity index is 2.91. The molecule has 0 saturated heterocycles. The molecule has 90 valence electrons. The van der Waals surface area contributed by atoms with Gasteiger partial charge in [0.2, 0.25) is 0 Å². The number of aromatic nitrogens is 1. The summed E-state index contributed by atoms with van der Waals surface area (Å²) in [6.45, 7) is 7.82. The summed E-state index contributed by atoms with van der Waals surface area (Å²) in [4.78, 5) is 4.49. The smallest absolute Gasteiger partial charge is 0.128 e. The number of hydrogen-bond donors (Lipinski definition) is 0. The predicted octanol–water partition coefficient (Wildman–Crippen LogP) is 4.77. The van der Waals surface area contributed by atoms with Crippen LogP contribution in [0.4, 0.5) is 4.39 Å². The summed E-state index contributed by atoms with van der Waals surface area (Å²) < 4.78 is 13.5. The lowest BCUT2D eigenvalue weighted by molar-refractivity contribution is 0.620. The summed E-state index contributed by atoms with van der Waals surface area (Å²) in [5.74, 6) is 0.0718. The third kappa shape index (κ3) is 1.91. The topological polar surface area (TPSA) is 12.9 Å². The highest BCUT2D eigenvalue weighted by atomic mass is 35.5. The molecule has 0 aliphatic rings. The van der Waals surface area contributed by atoms with Gasteiger partial charge < -0.3 is 0 Å². The van der Waals surface area contributed by atoms with Gasteiger partial charge in [0.25, 0.3) is 0 Å². The van der Waals surface area contributed by atoms with Crippen molar-refractivity contribution in [3.05, 3.63) is 39.8 Å². The summed E-state index contributed by atoms with van der Waals surface area (Å²) in [6.07, 6.45) is 0. The molecular formula is C14H15ClFN. The van der Waals surface area contributed by atoms with E-state index in [2.05, 4.69) is 18.8 Å². The molecule has 2 rings (SSSR count). The fraction of sp³-hybridized carbons (Fsp3) is 0.357. The van der Waals surface area contributed by atoms with E-state index in [-0.39, 0.29) is 5.82 Å². The molecule has 0 amide bonds. The van der Waals surface area contributed by atoms with Gasteiger partial charge in [-0.05, 0) is 37.5 Å². The van der Waals surface area contributed by atoms with E-state index in [1.165, 1.54) is 6.07 Å². The Morgan fingerprint density at radius 3 is 2.47 bits per heavy atom. The first-order chi connectivity index (χ1) is 7.93. The van der Waals surface area contributed by atoms with E-state index in [9.17, 15) is 4.39 Å². The molecule has 0 spiro atoms. The van der Waals surface area contributed by atoms with E-state index in [4.69, 9.17) is 11.6 Å². The van der Waals surface area contributed by atoms with E-state index >= 15 is 0 Å². The molecule has 17 heavy (non-hydrogen) atoms. The third-order valence-corrected chi connectivity index (χ3v) is 3.49. The predicted molar refractivity (Wildman–Crippen MR) is 70.3 cm³/mol. The lowest BCUT2D eigenvalue weighted by atomic mass is 9.98.